The summed E-state index contributed by atoms with van der Waals surface area (Å²) in [4.78, 5) is 29.0. The molecular weight excluding hydrogens is 332 g/mol. The second-order valence-corrected chi connectivity index (χ2v) is 8.55. The smallest absolute Gasteiger partial charge is 0.225 e. The van der Waals surface area contributed by atoms with Crippen LogP contribution in [0.4, 0.5) is 0 Å². The van der Waals surface area contributed by atoms with Crippen LogP contribution in [0.1, 0.15) is 57.2 Å². The molecule has 0 N–H and O–H groups in total. The van der Waals surface area contributed by atoms with Crippen molar-refractivity contribution in [1.82, 2.24) is 20.0 Å². The van der Waals surface area contributed by atoms with Crippen molar-refractivity contribution in [2.45, 2.75) is 52.4 Å². The third-order valence-electron chi connectivity index (χ3n) is 6.29. The van der Waals surface area contributed by atoms with Crippen molar-refractivity contribution in [1.29, 1.82) is 0 Å². The highest BCUT2D eigenvalue weighted by Gasteiger charge is 2.53. The summed E-state index contributed by atoms with van der Waals surface area (Å²) in [6.07, 6.45) is 3.86. The molecule has 2 saturated heterocycles. The molecule has 2 amide bonds. The van der Waals surface area contributed by atoms with Gasteiger partial charge in [-0.2, -0.15) is 0 Å². The molecule has 1 spiro atoms. The standard InChI is InChI=1S/C19H28N4O3/c1-12(2)17(24)23-10-15(16-21-20-13(3)26-16)19(11-23)6-8-22(9-7-19)18(25)14-4-5-14/h12,14-15H,4-11H2,1-3H3. The van der Waals surface area contributed by atoms with Gasteiger partial charge in [-0.3, -0.25) is 9.59 Å². The number of carbonyl (C=O) groups is 2. The Morgan fingerprint density at radius 2 is 1.85 bits per heavy atom. The second kappa shape index (κ2) is 6.35. The number of likely N-dealkylation sites (tertiary alicyclic amines) is 2. The van der Waals surface area contributed by atoms with Gasteiger partial charge in [-0.05, 0) is 25.7 Å². The summed E-state index contributed by atoms with van der Waals surface area (Å²) in [5.74, 6) is 2.00. The van der Waals surface area contributed by atoms with Crippen LogP contribution >= 0.6 is 0 Å². The van der Waals surface area contributed by atoms with E-state index in [9.17, 15) is 9.59 Å². The number of hydrogen-bond acceptors (Lipinski definition) is 5. The molecule has 3 heterocycles. The fourth-order valence-electron chi connectivity index (χ4n) is 4.56. The maximum atomic E-state index is 12.6. The van der Waals surface area contributed by atoms with E-state index in [1.807, 2.05) is 23.6 Å². The van der Waals surface area contributed by atoms with Gasteiger partial charge < -0.3 is 14.2 Å². The monoisotopic (exact) mass is 360 g/mol. The number of amides is 2. The lowest BCUT2D eigenvalue weighted by atomic mass is 9.70. The first-order valence-corrected chi connectivity index (χ1v) is 9.77. The van der Waals surface area contributed by atoms with Crippen molar-refractivity contribution in [2.75, 3.05) is 26.2 Å². The SMILES string of the molecule is Cc1nnc(C2CN(C(=O)C(C)C)CC23CCN(C(=O)C2CC2)CC3)o1. The quantitative estimate of drug-likeness (QED) is 0.823. The topological polar surface area (TPSA) is 79.5 Å². The minimum Gasteiger partial charge on any atom is -0.425 e. The molecule has 1 aromatic heterocycles. The number of aryl methyl sites for hydroxylation is 1. The number of aromatic nitrogens is 2. The van der Waals surface area contributed by atoms with E-state index < -0.39 is 0 Å². The fourth-order valence-corrected chi connectivity index (χ4v) is 4.56. The Morgan fingerprint density at radius 1 is 1.15 bits per heavy atom. The van der Waals surface area contributed by atoms with Crippen molar-refractivity contribution in [2.24, 2.45) is 17.3 Å². The Bertz CT molecular complexity index is 701. The highest BCUT2D eigenvalue weighted by molar-refractivity contribution is 5.81. The van der Waals surface area contributed by atoms with Crippen LogP contribution in [0, 0.1) is 24.2 Å². The average Bonchev–Trinajstić information content (AvgIpc) is 3.29. The molecule has 3 aliphatic rings. The zero-order valence-corrected chi connectivity index (χ0v) is 15.9. The molecule has 4 rings (SSSR count). The maximum Gasteiger partial charge on any atom is 0.225 e. The van der Waals surface area contributed by atoms with Gasteiger partial charge in [0.15, 0.2) is 0 Å². The van der Waals surface area contributed by atoms with E-state index in [0.29, 0.717) is 24.2 Å². The lowest BCUT2D eigenvalue weighted by molar-refractivity contribution is -0.136. The first kappa shape index (κ1) is 17.5. The number of hydrogen-bond donors (Lipinski definition) is 0. The van der Waals surface area contributed by atoms with Gasteiger partial charge in [-0.15, -0.1) is 10.2 Å². The van der Waals surface area contributed by atoms with E-state index in [0.717, 1.165) is 45.3 Å². The second-order valence-electron chi connectivity index (χ2n) is 8.55. The third kappa shape index (κ3) is 3.01. The third-order valence-corrected chi connectivity index (χ3v) is 6.29. The molecule has 3 fully saturated rings. The zero-order chi connectivity index (χ0) is 18.5. The van der Waals surface area contributed by atoms with E-state index in [4.69, 9.17) is 4.42 Å². The lowest BCUT2D eigenvalue weighted by Gasteiger charge is -2.41. The van der Waals surface area contributed by atoms with Gasteiger partial charge in [0.25, 0.3) is 0 Å². The van der Waals surface area contributed by atoms with Crippen LogP contribution in [0.15, 0.2) is 4.42 Å². The van der Waals surface area contributed by atoms with Crippen LogP contribution in [-0.4, -0.2) is 58.0 Å². The zero-order valence-electron chi connectivity index (χ0n) is 15.9. The molecule has 1 aliphatic carbocycles. The largest absolute Gasteiger partial charge is 0.425 e. The van der Waals surface area contributed by atoms with E-state index in [2.05, 4.69) is 10.2 Å². The number of rotatable bonds is 3. The van der Waals surface area contributed by atoms with Gasteiger partial charge in [0.1, 0.15) is 0 Å². The van der Waals surface area contributed by atoms with Gasteiger partial charge in [-0.25, -0.2) is 0 Å². The molecule has 142 valence electrons. The molecule has 7 nitrogen and oxygen atoms in total. The Labute approximate surface area is 154 Å². The minimum absolute atomic E-state index is 0.0215. The van der Waals surface area contributed by atoms with Crippen LogP contribution < -0.4 is 0 Å². The normalized spacial score (nSPS) is 25.3. The van der Waals surface area contributed by atoms with Crippen molar-refractivity contribution < 1.29 is 14.0 Å². The van der Waals surface area contributed by atoms with E-state index >= 15 is 0 Å². The summed E-state index contributed by atoms with van der Waals surface area (Å²) in [6.45, 7) is 8.57. The summed E-state index contributed by atoms with van der Waals surface area (Å²) >= 11 is 0. The summed E-state index contributed by atoms with van der Waals surface area (Å²) in [5.41, 5.74) is -0.0656. The number of nitrogens with zero attached hydrogens (tertiary/aromatic N) is 4. The molecular formula is C19H28N4O3. The van der Waals surface area contributed by atoms with Crippen LogP contribution in [0.5, 0.6) is 0 Å². The molecule has 2 aliphatic heterocycles. The van der Waals surface area contributed by atoms with Crippen molar-refractivity contribution >= 4 is 11.8 Å². The first-order valence-electron chi connectivity index (χ1n) is 9.77. The summed E-state index contributed by atoms with van der Waals surface area (Å²) in [6, 6.07) is 0. The Balaban J connectivity index is 1.55. The van der Waals surface area contributed by atoms with Crippen LogP contribution in [0.3, 0.4) is 0 Å². The number of piperidine rings is 1. The van der Waals surface area contributed by atoms with Crippen molar-refractivity contribution in [3.8, 4) is 0 Å². The van der Waals surface area contributed by atoms with Gasteiger partial charge in [0, 0.05) is 50.4 Å². The molecule has 1 atom stereocenters. The van der Waals surface area contributed by atoms with Gasteiger partial charge in [-0.1, -0.05) is 13.8 Å². The van der Waals surface area contributed by atoms with Gasteiger partial charge >= 0.3 is 0 Å². The first-order chi connectivity index (χ1) is 12.4. The van der Waals surface area contributed by atoms with E-state index in [-0.39, 0.29) is 29.1 Å². The number of carbonyl (C=O) groups excluding carboxylic acids is 2. The van der Waals surface area contributed by atoms with Crippen LogP contribution in [-0.2, 0) is 9.59 Å². The summed E-state index contributed by atoms with van der Waals surface area (Å²) < 4.78 is 5.77. The van der Waals surface area contributed by atoms with E-state index in [1.54, 1.807) is 6.92 Å². The predicted octanol–water partition coefficient (Wildman–Crippen LogP) is 1.98. The molecule has 26 heavy (non-hydrogen) atoms. The van der Waals surface area contributed by atoms with Gasteiger partial charge in [0.2, 0.25) is 23.6 Å². The molecule has 1 unspecified atom stereocenters. The Hall–Kier alpha value is -1.92. The molecule has 7 heteroatoms. The van der Waals surface area contributed by atoms with Crippen molar-refractivity contribution in [3.05, 3.63) is 11.8 Å². The van der Waals surface area contributed by atoms with Gasteiger partial charge in [0.05, 0.1) is 5.92 Å². The van der Waals surface area contributed by atoms with E-state index in [1.165, 1.54) is 0 Å². The highest BCUT2D eigenvalue weighted by Crippen LogP contribution is 2.50. The molecule has 0 radical (unpaired) electrons. The molecule has 1 saturated carbocycles. The average molecular weight is 360 g/mol. The van der Waals surface area contributed by atoms with Crippen molar-refractivity contribution in [3.63, 3.8) is 0 Å². The fraction of sp³-hybridized carbons (Fsp3) is 0.789. The highest BCUT2D eigenvalue weighted by atomic mass is 16.4. The maximum absolute atomic E-state index is 12.6. The lowest BCUT2D eigenvalue weighted by Crippen LogP contribution is -2.47. The Morgan fingerprint density at radius 3 is 2.38 bits per heavy atom. The molecule has 1 aromatic rings. The summed E-state index contributed by atoms with van der Waals surface area (Å²) in [5, 5.41) is 8.28. The Kier molecular flexibility index (Phi) is 4.28. The van der Waals surface area contributed by atoms with Crippen LogP contribution in [0.25, 0.3) is 0 Å². The molecule has 0 bridgehead atoms. The summed E-state index contributed by atoms with van der Waals surface area (Å²) in [7, 11) is 0. The molecule has 0 aromatic carbocycles. The predicted molar refractivity (Wildman–Crippen MR) is 94.2 cm³/mol. The van der Waals surface area contributed by atoms with Crippen LogP contribution in [0.2, 0.25) is 0 Å². The minimum atomic E-state index is -0.0656.